The van der Waals surface area contributed by atoms with Crippen molar-refractivity contribution >= 4 is 44.7 Å². The number of pyridine rings is 1. The highest BCUT2D eigenvalue weighted by Crippen LogP contribution is 2.30. The summed E-state index contributed by atoms with van der Waals surface area (Å²) in [5.74, 6) is 0.289. The molecule has 0 spiro atoms. The quantitative estimate of drug-likeness (QED) is 0.405. The highest BCUT2D eigenvalue weighted by molar-refractivity contribution is 7.89. The number of fused-ring (bicyclic) bond motifs is 1. The Morgan fingerprint density at radius 2 is 1.89 bits per heavy atom. The zero-order valence-electron chi connectivity index (χ0n) is 20.0. The first kappa shape index (κ1) is 24.0. The predicted molar refractivity (Wildman–Crippen MR) is 135 cm³/mol. The zero-order chi connectivity index (χ0) is 25.3. The fourth-order valence-electron chi connectivity index (χ4n) is 4.48. The molecule has 0 unspecified atom stereocenters. The first-order valence-corrected chi connectivity index (χ1v) is 13.1. The lowest BCUT2D eigenvalue weighted by Gasteiger charge is -2.30. The van der Waals surface area contributed by atoms with Gasteiger partial charge in [0.1, 0.15) is 11.5 Å². The molecule has 0 radical (unpaired) electrons. The van der Waals surface area contributed by atoms with E-state index >= 15 is 0 Å². The van der Waals surface area contributed by atoms with Gasteiger partial charge in [0, 0.05) is 30.1 Å². The summed E-state index contributed by atoms with van der Waals surface area (Å²) in [5, 5.41) is 7.77. The summed E-state index contributed by atoms with van der Waals surface area (Å²) >= 11 is 0. The molecule has 1 aliphatic heterocycles. The third kappa shape index (κ3) is 4.69. The minimum absolute atomic E-state index is 0.0342. The lowest BCUT2D eigenvalue weighted by atomic mass is 9.97. The number of rotatable bonds is 6. The molecule has 4 aromatic rings. The van der Waals surface area contributed by atoms with Crippen molar-refractivity contribution in [3.63, 3.8) is 0 Å². The SMILES string of the molecule is Cc1cc(NC(=O)C2CCN(S(=O)(=O)c3c(C)noc3/C=C/c3ccco3)CC2)c2ccccc2n1. The molecule has 1 fully saturated rings. The van der Waals surface area contributed by atoms with Crippen molar-refractivity contribution in [2.75, 3.05) is 18.4 Å². The average Bonchev–Trinajstić information content (AvgIpc) is 3.52. The number of sulfonamides is 1. The summed E-state index contributed by atoms with van der Waals surface area (Å²) in [6.07, 6.45) is 5.51. The Morgan fingerprint density at radius 3 is 2.64 bits per heavy atom. The van der Waals surface area contributed by atoms with Crippen molar-refractivity contribution in [3.05, 3.63) is 71.6 Å². The van der Waals surface area contributed by atoms with Gasteiger partial charge in [0.2, 0.25) is 15.9 Å². The van der Waals surface area contributed by atoms with Gasteiger partial charge >= 0.3 is 0 Å². The highest BCUT2D eigenvalue weighted by Gasteiger charge is 2.36. The fourth-order valence-corrected chi connectivity index (χ4v) is 6.20. The number of piperidine rings is 1. The molecule has 0 aliphatic carbocycles. The Labute approximate surface area is 208 Å². The van der Waals surface area contributed by atoms with Crippen molar-refractivity contribution in [2.45, 2.75) is 31.6 Å². The predicted octanol–water partition coefficient (Wildman–Crippen LogP) is 4.64. The number of furan rings is 1. The topological polar surface area (TPSA) is 119 Å². The largest absolute Gasteiger partial charge is 0.465 e. The molecule has 0 bridgehead atoms. The Bertz CT molecular complexity index is 1530. The standard InChI is InChI=1S/C26H26N4O5S/c1-17-16-23(21-7-3-4-8-22(21)27-17)28-26(31)19-11-13-30(14-12-19)36(32,33)25-18(2)29-35-24(25)10-9-20-6-5-15-34-20/h3-10,15-16,19H,11-14H2,1-2H3,(H,27,28,31)/b10-9+. The molecule has 0 saturated carbocycles. The van der Waals surface area contributed by atoms with Crippen LogP contribution in [0.1, 0.15) is 35.7 Å². The Balaban J connectivity index is 1.29. The van der Waals surface area contributed by atoms with Gasteiger partial charge in [0.05, 0.1) is 17.5 Å². The maximum atomic E-state index is 13.5. The van der Waals surface area contributed by atoms with E-state index < -0.39 is 10.0 Å². The summed E-state index contributed by atoms with van der Waals surface area (Å²) in [7, 11) is -3.86. The molecule has 0 atom stereocenters. The molecular weight excluding hydrogens is 480 g/mol. The van der Waals surface area contributed by atoms with Crippen LogP contribution in [0.2, 0.25) is 0 Å². The number of carbonyl (C=O) groups excluding carboxylic acids is 1. The van der Waals surface area contributed by atoms with Gasteiger partial charge in [-0.05, 0) is 63.1 Å². The summed E-state index contributed by atoms with van der Waals surface area (Å²) in [6.45, 7) is 3.93. The summed E-state index contributed by atoms with van der Waals surface area (Å²) in [6, 6.07) is 13.0. The molecule has 1 amide bonds. The van der Waals surface area contributed by atoms with Crippen LogP contribution in [0.4, 0.5) is 5.69 Å². The number of nitrogens with zero attached hydrogens (tertiary/aromatic N) is 3. The second-order valence-corrected chi connectivity index (χ2v) is 10.7. The van der Waals surface area contributed by atoms with Gasteiger partial charge < -0.3 is 14.3 Å². The van der Waals surface area contributed by atoms with Crippen molar-refractivity contribution < 1.29 is 22.2 Å². The first-order valence-electron chi connectivity index (χ1n) is 11.7. The maximum absolute atomic E-state index is 13.5. The van der Waals surface area contributed by atoms with Crippen LogP contribution in [0.3, 0.4) is 0 Å². The summed E-state index contributed by atoms with van der Waals surface area (Å²) in [5.41, 5.74) is 2.63. The van der Waals surface area contributed by atoms with E-state index in [1.54, 1.807) is 25.1 Å². The number of anilines is 1. The molecule has 186 valence electrons. The maximum Gasteiger partial charge on any atom is 0.248 e. The lowest BCUT2D eigenvalue weighted by Crippen LogP contribution is -2.41. The number of amides is 1. The van der Waals surface area contributed by atoms with Crippen LogP contribution in [-0.4, -0.2) is 41.9 Å². The Morgan fingerprint density at radius 1 is 1.11 bits per heavy atom. The minimum atomic E-state index is -3.86. The molecule has 3 aromatic heterocycles. The molecule has 9 nitrogen and oxygen atoms in total. The third-order valence-corrected chi connectivity index (χ3v) is 8.36. The lowest BCUT2D eigenvalue weighted by molar-refractivity contribution is -0.120. The van der Waals surface area contributed by atoms with Crippen LogP contribution < -0.4 is 5.32 Å². The van der Waals surface area contributed by atoms with Crippen LogP contribution in [0.5, 0.6) is 0 Å². The molecule has 5 rings (SSSR count). The molecule has 1 saturated heterocycles. The van der Waals surface area contributed by atoms with Crippen LogP contribution in [-0.2, 0) is 14.8 Å². The van der Waals surface area contributed by atoms with Gasteiger partial charge in [-0.15, -0.1) is 0 Å². The number of hydrogen-bond acceptors (Lipinski definition) is 7. The minimum Gasteiger partial charge on any atom is -0.465 e. The third-order valence-electron chi connectivity index (χ3n) is 6.30. The van der Waals surface area contributed by atoms with E-state index in [1.165, 1.54) is 16.6 Å². The molecule has 4 heterocycles. The van der Waals surface area contributed by atoms with Crippen molar-refractivity contribution in [3.8, 4) is 0 Å². The van der Waals surface area contributed by atoms with Crippen molar-refractivity contribution in [1.29, 1.82) is 0 Å². The van der Waals surface area contributed by atoms with Gasteiger partial charge in [0.15, 0.2) is 10.7 Å². The molecule has 10 heteroatoms. The van der Waals surface area contributed by atoms with Crippen molar-refractivity contribution in [1.82, 2.24) is 14.4 Å². The van der Waals surface area contributed by atoms with Crippen molar-refractivity contribution in [2.24, 2.45) is 5.92 Å². The van der Waals surface area contributed by atoms with Gasteiger partial charge in [0.25, 0.3) is 0 Å². The smallest absolute Gasteiger partial charge is 0.248 e. The molecule has 36 heavy (non-hydrogen) atoms. The van der Waals surface area contributed by atoms with E-state index in [-0.39, 0.29) is 41.3 Å². The molecule has 1 aliphatic rings. The van der Waals surface area contributed by atoms with E-state index in [0.717, 1.165) is 16.6 Å². The first-order chi connectivity index (χ1) is 17.3. The van der Waals surface area contributed by atoms with E-state index in [9.17, 15) is 13.2 Å². The van der Waals surface area contributed by atoms with Crippen LogP contribution in [0, 0.1) is 19.8 Å². The van der Waals surface area contributed by atoms with Crippen LogP contribution in [0.15, 0.2) is 62.6 Å². The Kier molecular flexibility index (Phi) is 6.46. The highest BCUT2D eigenvalue weighted by atomic mass is 32.2. The molecule has 1 aromatic carbocycles. The van der Waals surface area contributed by atoms with E-state index in [0.29, 0.717) is 24.3 Å². The summed E-state index contributed by atoms with van der Waals surface area (Å²) in [4.78, 5) is 17.6. The van der Waals surface area contributed by atoms with Crippen LogP contribution in [0.25, 0.3) is 23.1 Å². The normalized spacial score (nSPS) is 15.6. The second kappa shape index (κ2) is 9.71. The number of aryl methyl sites for hydroxylation is 2. The van der Waals surface area contributed by atoms with Crippen LogP contribution >= 0.6 is 0 Å². The number of carbonyl (C=O) groups is 1. The zero-order valence-corrected chi connectivity index (χ0v) is 20.8. The summed E-state index contributed by atoms with van der Waals surface area (Å²) < 4.78 is 38.9. The monoisotopic (exact) mass is 506 g/mol. The van der Waals surface area contributed by atoms with Gasteiger partial charge in [-0.25, -0.2) is 8.42 Å². The number of aromatic nitrogens is 2. The second-order valence-electron chi connectivity index (χ2n) is 8.81. The van der Waals surface area contributed by atoms with Gasteiger partial charge in [-0.3, -0.25) is 9.78 Å². The van der Waals surface area contributed by atoms with E-state index in [4.69, 9.17) is 8.94 Å². The number of hydrogen-bond donors (Lipinski definition) is 1. The number of benzene rings is 1. The molecule has 1 N–H and O–H groups in total. The molecular formula is C26H26N4O5S. The average molecular weight is 507 g/mol. The number of nitrogens with one attached hydrogen (secondary N) is 1. The van der Waals surface area contributed by atoms with E-state index in [2.05, 4.69) is 15.5 Å². The fraction of sp³-hybridized carbons (Fsp3) is 0.269. The van der Waals surface area contributed by atoms with Gasteiger partial charge in [-0.2, -0.15) is 4.31 Å². The van der Waals surface area contributed by atoms with Gasteiger partial charge in [-0.1, -0.05) is 23.4 Å². The van der Waals surface area contributed by atoms with E-state index in [1.807, 2.05) is 37.3 Å². The Hall–Kier alpha value is -3.76. The number of para-hydroxylation sites is 1.